The average Bonchev–Trinajstić information content (AvgIpc) is 3.24. The molecule has 1 atom stereocenters. The highest BCUT2D eigenvalue weighted by molar-refractivity contribution is 6.04. The first-order valence-electron chi connectivity index (χ1n) is 8.80. The Balaban J connectivity index is 1.66. The molecule has 8 heteroatoms. The Hall–Kier alpha value is -2.74. The van der Waals surface area contributed by atoms with Crippen molar-refractivity contribution in [2.24, 2.45) is 13.0 Å². The number of pyridine rings is 1. The number of aromatic nitrogens is 5. The van der Waals surface area contributed by atoms with Gasteiger partial charge >= 0.3 is 0 Å². The van der Waals surface area contributed by atoms with Crippen molar-refractivity contribution in [3.05, 3.63) is 41.9 Å². The van der Waals surface area contributed by atoms with Crippen LogP contribution in [-0.2, 0) is 11.8 Å². The molecule has 0 saturated carbocycles. The quantitative estimate of drug-likeness (QED) is 0.746. The van der Waals surface area contributed by atoms with Crippen molar-refractivity contribution in [3.8, 4) is 0 Å². The highest BCUT2D eigenvalue weighted by Crippen LogP contribution is 2.29. The molecular formula is C18H22N6O2. The fourth-order valence-electron chi connectivity index (χ4n) is 3.55. The van der Waals surface area contributed by atoms with Gasteiger partial charge < -0.3 is 19.6 Å². The number of carbonyl (C=O) groups excluding carboxylic acids is 1. The van der Waals surface area contributed by atoms with E-state index < -0.39 is 0 Å². The molecule has 1 fully saturated rings. The Bertz CT molecular complexity index is 925. The van der Waals surface area contributed by atoms with Crippen molar-refractivity contribution in [1.82, 2.24) is 29.8 Å². The second-order valence-corrected chi connectivity index (χ2v) is 6.68. The maximum absolute atomic E-state index is 13.1. The summed E-state index contributed by atoms with van der Waals surface area (Å²) in [4.78, 5) is 29.2. The zero-order chi connectivity index (χ0) is 18.1. The second kappa shape index (κ2) is 6.87. The van der Waals surface area contributed by atoms with E-state index in [1.54, 1.807) is 18.5 Å². The molecule has 4 heterocycles. The van der Waals surface area contributed by atoms with Gasteiger partial charge in [0, 0.05) is 38.9 Å². The number of aryl methyl sites for hydroxylation is 2. The lowest BCUT2D eigenvalue weighted by Gasteiger charge is -2.30. The van der Waals surface area contributed by atoms with Crippen LogP contribution in [0.25, 0.3) is 11.2 Å². The molecule has 3 aromatic heterocycles. The molecule has 1 aliphatic rings. The minimum atomic E-state index is -0.168. The van der Waals surface area contributed by atoms with Gasteiger partial charge in [-0.25, -0.2) is 15.0 Å². The lowest BCUT2D eigenvalue weighted by Crippen LogP contribution is -2.37. The summed E-state index contributed by atoms with van der Waals surface area (Å²) in [6.07, 6.45) is 7.06. The van der Waals surface area contributed by atoms with Gasteiger partial charge in [0.2, 0.25) is 0 Å². The van der Waals surface area contributed by atoms with Crippen LogP contribution in [0.2, 0.25) is 0 Å². The number of carbonyl (C=O) groups is 1. The first-order chi connectivity index (χ1) is 12.6. The van der Waals surface area contributed by atoms with Gasteiger partial charge in [-0.2, -0.15) is 0 Å². The molecule has 0 bridgehead atoms. The molecule has 1 amide bonds. The van der Waals surface area contributed by atoms with Crippen LogP contribution in [0.5, 0.6) is 0 Å². The van der Waals surface area contributed by atoms with Crippen molar-refractivity contribution in [2.75, 3.05) is 13.2 Å². The third kappa shape index (κ3) is 3.08. The number of fused-ring (bicyclic) bond motifs is 1. The Morgan fingerprint density at radius 1 is 1.35 bits per heavy atom. The lowest BCUT2D eigenvalue weighted by atomic mass is 9.90. The van der Waals surface area contributed by atoms with E-state index in [1.165, 1.54) is 0 Å². The van der Waals surface area contributed by atoms with Crippen molar-refractivity contribution in [3.63, 3.8) is 0 Å². The minimum Gasteiger partial charge on any atom is -0.381 e. The summed E-state index contributed by atoms with van der Waals surface area (Å²) in [5, 5.41) is 3.19. The van der Waals surface area contributed by atoms with E-state index in [0.717, 1.165) is 24.5 Å². The van der Waals surface area contributed by atoms with Gasteiger partial charge in [0.25, 0.3) is 5.91 Å². The number of imidazole rings is 2. The average molecular weight is 354 g/mol. The Morgan fingerprint density at radius 3 is 2.88 bits per heavy atom. The van der Waals surface area contributed by atoms with Gasteiger partial charge in [0.1, 0.15) is 11.6 Å². The summed E-state index contributed by atoms with van der Waals surface area (Å²) < 4.78 is 7.45. The first kappa shape index (κ1) is 16.7. The van der Waals surface area contributed by atoms with Crippen molar-refractivity contribution in [2.45, 2.75) is 25.8 Å². The summed E-state index contributed by atoms with van der Waals surface area (Å²) in [5.41, 5.74) is 1.75. The molecule has 2 N–H and O–H groups in total. The number of ether oxygens (including phenoxy) is 1. The Morgan fingerprint density at radius 2 is 2.15 bits per heavy atom. The molecule has 0 aromatic carbocycles. The van der Waals surface area contributed by atoms with Crippen LogP contribution in [0.3, 0.4) is 0 Å². The van der Waals surface area contributed by atoms with Crippen LogP contribution in [0, 0.1) is 12.8 Å². The molecule has 8 nitrogen and oxygen atoms in total. The topological polar surface area (TPSA) is 97.7 Å². The number of hydrogen-bond donors (Lipinski definition) is 2. The van der Waals surface area contributed by atoms with Crippen molar-refractivity contribution < 1.29 is 9.53 Å². The summed E-state index contributed by atoms with van der Waals surface area (Å²) >= 11 is 0. The van der Waals surface area contributed by atoms with E-state index in [1.807, 2.05) is 24.7 Å². The monoisotopic (exact) mass is 354 g/mol. The van der Waals surface area contributed by atoms with E-state index in [4.69, 9.17) is 4.74 Å². The number of aromatic amines is 1. The SMILES string of the molecule is Cc1nc2nccc(C(=O)NC(c3nccn3C)C3CCOCC3)c2[nH]1. The largest absolute Gasteiger partial charge is 0.381 e. The molecule has 136 valence electrons. The number of nitrogens with one attached hydrogen (secondary N) is 2. The molecular weight excluding hydrogens is 332 g/mol. The van der Waals surface area contributed by atoms with Gasteiger partial charge in [0.05, 0.1) is 17.1 Å². The Labute approximate surface area is 151 Å². The van der Waals surface area contributed by atoms with Crippen LogP contribution in [0.4, 0.5) is 0 Å². The molecule has 4 rings (SSSR count). The van der Waals surface area contributed by atoms with Gasteiger partial charge in [-0.05, 0) is 31.7 Å². The lowest BCUT2D eigenvalue weighted by molar-refractivity contribution is 0.0499. The number of hydrogen-bond acceptors (Lipinski definition) is 5. The van der Waals surface area contributed by atoms with Crippen LogP contribution < -0.4 is 5.32 Å². The number of nitrogens with zero attached hydrogens (tertiary/aromatic N) is 4. The van der Waals surface area contributed by atoms with E-state index in [0.29, 0.717) is 29.9 Å². The number of rotatable bonds is 4. The number of H-pyrrole nitrogens is 1. The van der Waals surface area contributed by atoms with Gasteiger partial charge in [-0.3, -0.25) is 4.79 Å². The van der Waals surface area contributed by atoms with E-state index in [-0.39, 0.29) is 17.9 Å². The van der Waals surface area contributed by atoms with Gasteiger partial charge in [-0.15, -0.1) is 0 Å². The van der Waals surface area contributed by atoms with Crippen molar-refractivity contribution in [1.29, 1.82) is 0 Å². The van der Waals surface area contributed by atoms with Gasteiger partial charge in [0.15, 0.2) is 5.65 Å². The third-order valence-corrected chi connectivity index (χ3v) is 4.92. The maximum atomic E-state index is 13.1. The molecule has 26 heavy (non-hydrogen) atoms. The number of amides is 1. The van der Waals surface area contributed by atoms with Crippen LogP contribution in [0.1, 0.15) is 40.9 Å². The van der Waals surface area contributed by atoms with Crippen LogP contribution in [0.15, 0.2) is 24.7 Å². The molecule has 1 aliphatic heterocycles. The third-order valence-electron chi connectivity index (χ3n) is 4.92. The fraction of sp³-hybridized carbons (Fsp3) is 0.444. The highest BCUT2D eigenvalue weighted by Gasteiger charge is 2.30. The first-order valence-corrected chi connectivity index (χ1v) is 8.80. The molecule has 0 radical (unpaired) electrons. The summed E-state index contributed by atoms with van der Waals surface area (Å²) in [5.74, 6) is 1.73. The summed E-state index contributed by atoms with van der Waals surface area (Å²) in [6.45, 7) is 3.27. The zero-order valence-corrected chi connectivity index (χ0v) is 14.9. The molecule has 1 unspecified atom stereocenters. The maximum Gasteiger partial charge on any atom is 0.254 e. The smallest absolute Gasteiger partial charge is 0.254 e. The standard InChI is InChI=1S/C18H22N6O2/c1-11-21-15-13(3-6-19-16(15)22-11)18(25)23-14(12-4-9-26-10-5-12)17-20-7-8-24(17)2/h3,6-8,12,14H,4-5,9-10H2,1-2H3,(H,23,25)(H,19,21,22). The zero-order valence-electron chi connectivity index (χ0n) is 14.9. The second-order valence-electron chi connectivity index (χ2n) is 6.68. The van der Waals surface area contributed by atoms with E-state index in [2.05, 4.69) is 25.3 Å². The molecule has 3 aromatic rings. The predicted octanol–water partition coefficient (Wildman–Crippen LogP) is 1.90. The minimum absolute atomic E-state index is 0.152. The normalized spacial score (nSPS) is 16.7. The summed E-state index contributed by atoms with van der Waals surface area (Å²) in [7, 11) is 1.95. The van der Waals surface area contributed by atoms with Crippen LogP contribution >= 0.6 is 0 Å². The van der Waals surface area contributed by atoms with Crippen LogP contribution in [-0.4, -0.2) is 43.6 Å². The molecule has 0 spiro atoms. The fourth-order valence-corrected chi connectivity index (χ4v) is 3.55. The Kier molecular flexibility index (Phi) is 4.42. The predicted molar refractivity (Wildman–Crippen MR) is 95.6 cm³/mol. The summed E-state index contributed by atoms with van der Waals surface area (Å²) in [6, 6.07) is 1.55. The van der Waals surface area contributed by atoms with Crippen molar-refractivity contribution >= 4 is 17.1 Å². The highest BCUT2D eigenvalue weighted by atomic mass is 16.5. The van der Waals surface area contributed by atoms with E-state index >= 15 is 0 Å². The van der Waals surface area contributed by atoms with E-state index in [9.17, 15) is 4.79 Å². The van der Waals surface area contributed by atoms with Gasteiger partial charge in [-0.1, -0.05) is 0 Å². The molecule has 1 saturated heterocycles. The molecule has 0 aliphatic carbocycles.